The number of amides is 1. The Labute approximate surface area is 482 Å². The molecule has 0 heterocycles. The maximum absolute atomic E-state index is 13.5. The van der Waals surface area contributed by atoms with Crippen LogP contribution in [0.5, 0.6) is 0 Å². The molecule has 1 amide bonds. The topological polar surface area (TPSA) is 111 Å². The fraction of sp³-hybridized carbons (Fsp3) is 0.765. The first-order chi connectivity index (χ1) is 37.9. The molecule has 0 rings (SSSR count). The van der Waals surface area contributed by atoms with E-state index in [0.717, 1.165) is 109 Å². The van der Waals surface area contributed by atoms with Gasteiger partial charge in [-0.1, -0.05) is 273 Å². The number of nitrogens with zero attached hydrogens (tertiary/aromatic N) is 1. The Morgan fingerprint density at radius 1 is 0.462 bits per heavy atom. The molecule has 0 aliphatic heterocycles. The second kappa shape index (κ2) is 57.4. The van der Waals surface area contributed by atoms with Crippen LogP contribution < -0.4 is 5.32 Å². The number of nitrogens with one attached hydrogen (secondary N) is 1. The Kier molecular flexibility index (Phi) is 55.4. The van der Waals surface area contributed by atoms with Crippen molar-refractivity contribution in [1.29, 1.82) is 0 Å². The number of likely N-dealkylation sites (N-methyl/N-ethyl adjacent to an activating group) is 1. The van der Waals surface area contributed by atoms with Gasteiger partial charge < -0.3 is 19.4 Å². The van der Waals surface area contributed by atoms with Crippen LogP contribution in [-0.4, -0.2) is 74.3 Å². The van der Waals surface area contributed by atoms with Crippen LogP contribution in [0.15, 0.2) is 85.1 Å². The van der Waals surface area contributed by atoms with Crippen molar-refractivity contribution in [2.45, 2.75) is 296 Å². The Morgan fingerprint density at radius 2 is 0.821 bits per heavy atom. The summed E-state index contributed by atoms with van der Waals surface area (Å²) in [6.07, 6.45) is 75.8. The molecule has 3 atom stereocenters. The summed E-state index contributed by atoms with van der Waals surface area (Å²) >= 11 is 0. The first kappa shape index (κ1) is 75.2. The van der Waals surface area contributed by atoms with Crippen LogP contribution >= 0.6 is 7.82 Å². The number of phosphoric acid groups is 1. The van der Waals surface area contributed by atoms with Crippen LogP contribution in [0.1, 0.15) is 284 Å². The van der Waals surface area contributed by atoms with Gasteiger partial charge in [0.1, 0.15) is 19.3 Å². The van der Waals surface area contributed by atoms with Crippen LogP contribution in [0.25, 0.3) is 0 Å². The number of carbonyl (C=O) groups excluding carboxylic acids is 2. The lowest BCUT2D eigenvalue weighted by atomic mass is 10.0. The highest BCUT2D eigenvalue weighted by molar-refractivity contribution is 7.47. The number of quaternary nitrogens is 1. The number of allylic oxidation sites excluding steroid dienone is 13. The molecule has 0 aromatic rings. The second-order valence-corrected chi connectivity index (χ2v) is 24.4. The average Bonchev–Trinajstić information content (AvgIpc) is 3.40. The van der Waals surface area contributed by atoms with Gasteiger partial charge in [0.25, 0.3) is 0 Å². The molecule has 10 heteroatoms. The van der Waals surface area contributed by atoms with Gasteiger partial charge in [0.15, 0.2) is 0 Å². The van der Waals surface area contributed by atoms with Crippen molar-refractivity contribution in [3.63, 3.8) is 0 Å². The summed E-state index contributed by atoms with van der Waals surface area (Å²) in [7, 11) is 1.49. The SMILES string of the molecule is CC/C=C\C/C=C\C/C=C\C/C=C\C/C=C\C/C=C\CCCCCCCCCCC(=O)OC(/C=C\CCCCCCCCCCC)C(COP(=O)(O)OCC[N+](C)(C)C)NC(=O)CCCCCCCCCCCCCCCC. The van der Waals surface area contributed by atoms with E-state index in [1.54, 1.807) is 0 Å². The van der Waals surface area contributed by atoms with Gasteiger partial charge in [-0.2, -0.15) is 0 Å². The number of carbonyl (C=O) groups is 2. The Morgan fingerprint density at radius 3 is 1.23 bits per heavy atom. The summed E-state index contributed by atoms with van der Waals surface area (Å²) in [4.78, 5) is 37.7. The zero-order valence-electron chi connectivity index (χ0n) is 51.6. The standard InChI is InChI=1S/C68H123N2O7P/c1-7-10-13-16-19-22-25-27-29-30-31-32-33-34-35-36-37-38-39-40-41-43-46-49-52-55-58-61-68(72)77-66(59-56-53-50-47-44-24-21-18-15-12-9-3)65(64-76-78(73,74)75-63-62-70(4,5)6)69-67(71)60-57-54-51-48-45-42-28-26-23-20-17-14-11-8-2/h10,13,19,22,27,29,31-32,34-35,37-38,56,59,65-66H,7-9,11-12,14-18,20-21,23-26,28,30,33,36,39-55,57-58,60-64H2,1-6H3,(H-,69,71,73,74)/p+1/b13-10-,22-19-,29-27-,32-31-,35-34-,38-37-,59-56-. The maximum Gasteiger partial charge on any atom is 0.472 e. The summed E-state index contributed by atoms with van der Waals surface area (Å²) in [5, 5.41) is 3.05. The fourth-order valence-electron chi connectivity index (χ4n) is 9.12. The molecule has 0 spiro atoms. The van der Waals surface area contributed by atoms with Crippen molar-refractivity contribution in [3.8, 4) is 0 Å². The molecule has 0 saturated heterocycles. The van der Waals surface area contributed by atoms with E-state index in [4.69, 9.17) is 13.8 Å². The van der Waals surface area contributed by atoms with Gasteiger partial charge in [-0.05, 0) is 83.1 Å². The number of rotatable bonds is 58. The van der Waals surface area contributed by atoms with Gasteiger partial charge in [0, 0.05) is 12.8 Å². The molecule has 9 nitrogen and oxygen atoms in total. The highest BCUT2D eigenvalue weighted by Crippen LogP contribution is 2.43. The van der Waals surface area contributed by atoms with E-state index in [0.29, 0.717) is 17.4 Å². The van der Waals surface area contributed by atoms with Crippen LogP contribution in [0.4, 0.5) is 0 Å². The number of esters is 1. The minimum Gasteiger partial charge on any atom is -0.456 e. The number of hydrogen-bond donors (Lipinski definition) is 2. The van der Waals surface area contributed by atoms with E-state index >= 15 is 0 Å². The maximum atomic E-state index is 13.5. The molecule has 0 aliphatic rings. The third-order valence-electron chi connectivity index (χ3n) is 14.1. The van der Waals surface area contributed by atoms with Crippen LogP contribution in [-0.2, 0) is 27.9 Å². The van der Waals surface area contributed by atoms with Gasteiger partial charge in [-0.25, -0.2) is 4.57 Å². The zero-order valence-corrected chi connectivity index (χ0v) is 52.5. The summed E-state index contributed by atoms with van der Waals surface area (Å²) in [5.41, 5.74) is 0. The van der Waals surface area contributed by atoms with Crippen molar-refractivity contribution in [3.05, 3.63) is 85.1 Å². The van der Waals surface area contributed by atoms with E-state index in [-0.39, 0.29) is 31.5 Å². The first-order valence-electron chi connectivity index (χ1n) is 32.4. The largest absolute Gasteiger partial charge is 0.472 e. The summed E-state index contributed by atoms with van der Waals surface area (Å²) in [5.74, 6) is -0.511. The minimum absolute atomic E-state index is 0.0373. The van der Waals surface area contributed by atoms with Crippen molar-refractivity contribution >= 4 is 19.7 Å². The zero-order chi connectivity index (χ0) is 57.2. The van der Waals surface area contributed by atoms with E-state index < -0.39 is 20.0 Å². The molecule has 452 valence electrons. The molecule has 0 aromatic heterocycles. The monoisotopic (exact) mass is 1110 g/mol. The normalized spacial score (nSPS) is 14.2. The smallest absolute Gasteiger partial charge is 0.456 e. The van der Waals surface area contributed by atoms with E-state index in [1.165, 1.54) is 141 Å². The predicted octanol–water partition coefficient (Wildman–Crippen LogP) is 20.2. The molecular formula is C68H124N2O7P+. The Hall–Kier alpha value is -2.81. The molecule has 0 saturated carbocycles. The predicted molar refractivity (Wildman–Crippen MR) is 337 cm³/mol. The number of unbranched alkanes of at least 4 members (excludes halogenated alkanes) is 30. The highest BCUT2D eigenvalue weighted by atomic mass is 31.2. The molecule has 0 fully saturated rings. The minimum atomic E-state index is -4.45. The van der Waals surface area contributed by atoms with Crippen molar-refractivity contribution in [2.24, 2.45) is 0 Å². The molecule has 78 heavy (non-hydrogen) atoms. The van der Waals surface area contributed by atoms with Crippen molar-refractivity contribution in [1.82, 2.24) is 5.32 Å². The van der Waals surface area contributed by atoms with Gasteiger partial charge in [0.2, 0.25) is 5.91 Å². The first-order valence-corrected chi connectivity index (χ1v) is 33.9. The average molecular weight is 1110 g/mol. The number of ether oxygens (including phenoxy) is 1. The lowest BCUT2D eigenvalue weighted by Gasteiger charge is -2.27. The van der Waals surface area contributed by atoms with E-state index in [1.807, 2.05) is 33.3 Å². The quantitative estimate of drug-likeness (QED) is 0.0205. The van der Waals surface area contributed by atoms with Crippen LogP contribution in [0.2, 0.25) is 0 Å². The van der Waals surface area contributed by atoms with Gasteiger partial charge in [0.05, 0.1) is 33.8 Å². The second-order valence-electron chi connectivity index (χ2n) is 22.9. The molecular weight excluding hydrogens is 988 g/mol. The lowest BCUT2D eigenvalue weighted by Crippen LogP contribution is -2.47. The third kappa shape index (κ3) is 57.9. The number of hydrogen-bond acceptors (Lipinski definition) is 6. The number of phosphoric ester groups is 1. The van der Waals surface area contributed by atoms with Crippen molar-refractivity contribution in [2.75, 3.05) is 40.9 Å². The van der Waals surface area contributed by atoms with E-state index in [2.05, 4.69) is 99.0 Å². The summed E-state index contributed by atoms with van der Waals surface area (Å²) in [6, 6.07) is -0.852. The van der Waals surface area contributed by atoms with Gasteiger partial charge >= 0.3 is 13.8 Å². The molecule has 0 aromatic carbocycles. The van der Waals surface area contributed by atoms with Gasteiger partial charge in [-0.3, -0.25) is 18.6 Å². The lowest BCUT2D eigenvalue weighted by molar-refractivity contribution is -0.870. The summed E-state index contributed by atoms with van der Waals surface area (Å²) < 4.78 is 30.7. The Bertz CT molecular complexity index is 1610. The molecule has 2 N–H and O–H groups in total. The summed E-state index contributed by atoms with van der Waals surface area (Å²) in [6.45, 7) is 6.90. The molecule has 3 unspecified atom stereocenters. The highest BCUT2D eigenvalue weighted by Gasteiger charge is 2.30. The van der Waals surface area contributed by atoms with E-state index in [9.17, 15) is 19.0 Å². The Balaban J connectivity index is 5.08. The van der Waals surface area contributed by atoms with Crippen LogP contribution in [0.3, 0.4) is 0 Å². The molecule has 0 radical (unpaired) electrons. The molecule has 0 bridgehead atoms. The fourth-order valence-corrected chi connectivity index (χ4v) is 9.86. The van der Waals surface area contributed by atoms with Gasteiger partial charge in [-0.15, -0.1) is 0 Å². The van der Waals surface area contributed by atoms with Crippen LogP contribution in [0, 0.1) is 0 Å². The van der Waals surface area contributed by atoms with Crippen molar-refractivity contribution < 1.29 is 37.3 Å². The molecule has 0 aliphatic carbocycles. The third-order valence-corrected chi connectivity index (χ3v) is 15.1.